The minimum atomic E-state index is -0.0621. The maximum absolute atomic E-state index is 12.0. The lowest BCUT2D eigenvalue weighted by Gasteiger charge is -2.07. The number of benzene rings is 1. The molecule has 7 nitrogen and oxygen atoms in total. The van der Waals surface area contributed by atoms with E-state index in [1.54, 1.807) is 18.9 Å². The molecule has 0 atom stereocenters. The number of carbonyl (C=O) groups excluding carboxylic acids is 1. The molecule has 2 aromatic rings. The van der Waals surface area contributed by atoms with Gasteiger partial charge in [0.1, 0.15) is 6.33 Å². The second-order valence-electron chi connectivity index (χ2n) is 4.77. The molecule has 0 saturated carbocycles. The molecule has 140 valence electrons. The number of carbonyl (C=O) groups is 1. The quantitative estimate of drug-likeness (QED) is 0.411. The molecule has 0 aliphatic heterocycles. The van der Waals surface area contributed by atoms with E-state index in [0.717, 1.165) is 29.6 Å². The number of hydrogen-bond donors (Lipinski definition) is 3. The van der Waals surface area contributed by atoms with E-state index in [1.165, 1.54) is 6.33 Å². The van der Waals surface area contributed by atoms with Crippen LogP contribution in [0.3, 0.4) is 0 Å². The molecule has 0 bridgehead atoms. The van der Waals surface area contributed by atoms with Crippen LogP contribution in [0.2, 0.25) is 0 Å². The summed E-state index contributed by atoms with van der Waals surface area (Å²) in [6.07, 6.45) is 1.49. The summed E-state index contributed by atoms with van der Waals surface area (Å²) in [6.45, 7) is 2.76. The second-order valence-corrected chi connectivity index (χ2v) is 5.74. The van der Waals surface area contributed by atoms with Crippen molar-refractivity contribution in [1.29, 1.82) is 0 Å². The van der Waals surface area contributed by atoms with E-state index in [9.17, 15) is 4.79 Å². The average molecular weight is 408 g/mol. The molecule has 0 saturated heterocycles. The van der Waals surface area contributed by atoms with E-state index >= 15 is 0 Å². The summed E-state index contributed by atoms with van der Waals surface area (Å²) in [7, 11) is 1.66. The summed E-state index contributed by atoms with van der Waals surface area (Å²) in [6, 6.07) is 7.58. The van der Waals surface area contributed by atoms with Gasteiger partial charge in [0.25, 0.3) is 5.91 Å². The summed E-state index contributed by atoms with van der Waals surface area (Å²) < 4.78 is 4.93. The molecule has 0 unspecified atom stereocenters. The normalized spacial score (nSPS) is 9.80. The fraction of sp³-hybridized carbons (Fsp3) is 0.400. The van der Waals surface area contributed by atoms with Crippen LogP contribution < -0.4 is 10.6 Å². The fourth-order valence-corrected chi connectivity index (χ4v) is 2.57. The van der Waals surface area contributed by atoms with E-state index < -0.39 is 0 Å². The Labute approximate surface area is 163 Å². The molecule has 2 rings (SSSR count). The van der Waals surface area contributed by atoms with E-state index in [1.807, 2.05) is 24.3 Å². The van der Waals surface area contributed by atoms with Gasteiger partial charge in [0.05, 0.1) is 6.61 Å². The highest BCUT2D eigenvalue weighted by Gasteiger charge is 2.05. The van der Waals surface area contributed by atoms with Crippen LogP contribution in [0.25, 0.3) is 0 Å². The van der Waals surface area contributed by atoms with Crippen molar-refractivity contribution in [2.24, 2.45) is 0 Å². The SMILES string of the molecule is COCCNCCNC(=O)c1ccc(CSc2ncn[nH]2)cc1.Cl.Cl. The standard InChI is InChI=1S/C15H21N5O2S.2ClH/c1-22-9-8-16-6-7-17-14(21)13-4-2-12(3-5-13)10-23-15-18-11-19-20-15;;/h2-5,11,16H,6-10H2,1H3,(H,17,21)(H,18,19,20);2*1H. The molecule has 1 heterocycles. The summed E-state index contributed by atoms with van der Waals surface area (Å²) in [5.74, 6) is 0.716. The first kappa shape index (κ1) is 23.7. The molecule has 0 aliphatic carbocycles. The predicted octanol–water partition coefficient (Wildman–Crippen LogP) is 1.91. The van der Waals surface area contributed by atoms with Gasteiger partial charge in [-0.05, 0) is 17.7 Å². The lowest BCUT2D eigenvalue weighted by Crippen LogP contribution is -2.33. The number of halogens is 2. The Bertz CT molecular complexity index is 584. The number of H-pyrrole nitrogens is 1. The maximum Gasteiger partial charge on any atom is 0.251 e. The van der Waals surface area contributed by atoms with Crippen molar-refractivity contribution in [2.45, 2.75) is 10.9 Å². The van der Waals surface area contributed by atoms with E-state index in [0.29, 0.717) is 18.7 Å². The Morgan fingerprint density at radius 1 is 1.20 bits per heavy atom. The molecule has 3 N–H and O–H groups in total. The zero-order chi connectivity index (χ0) is 16.3. The predicted molar refractivity (Wildman–Crippen MR) is 104 cm³/mol. The average Bonchev–Trinajstić information content (AvgIpc) is 3.10. The van der Waals surface area contributed by atoms with Crippen molar-refractivity contribution >= 4 is 42.5 Å². The molecular weight excluding hydrogens is 385 g/mol. The molecule has 0 spiro atoms. The second kappa shape index (κ2) is 13.9. The fourth-order valence-electron chi connectivity index (χ4n) is 1.83. The van der Waals surface area contributed by atoms with Crippen LogP contribution in [0.5, 0.6) is 0 Å². The Morgan fingerprint density at radius 2 is 1.96 bits per heavy atom. The highest BCUT2D eigenvalue weighted by Crippen LogP contribution is 2.18. The van der Waals surface area contributed by atoms with Gasteiger partial charge in [-0.25, -0.2) is 4.98 Å². The first-order chi connectivity index (χ1) is 11.3. The van der Waals surface area contributed by atoms with E-state index in [-0.39, 0.29) is 30.7 Å². The number of nitrogens with zero attached hydrogens (tertiary/aromatic N) is 2. The monoisotopic (exact) mass is 407 g/mol. The van der Waals surface area contributed by atoms with Crippen molar-refractivity contribution in [1.82, 2.24) is 25.8 Å². The lowest BCUT2D eigenvalue weighted by molar-refractivity contribution is 0.0953. The van der Waals surface area contributed by atoms with Gasteiger partial charge < -0.3 is 15.4 Å². The molecule has 25 heavy (non-hydrogen) atoms. The highest BCUT2D eigenvalue weighted by atomic mass is 35.5. The zero-order valence-corrected chi connectivity index (χ0v) is 16.3. The molecule has 1 amide bonds. The number of amides is 1. The minimum absolute atomic E-state index is 0. The van der Waals surface area contributed by atoms with Gasteiger partial charge in [-0.1, -0.05) is 23.9 Å². The van der Waals surface area contributed by atoms with Gasteiger partial charge >= 0.3 is 0 Å². The van der Waals surface area contributed by atoms with Gasteiger partial charge in [0.15, 0.2) is 5.16 Å². The number of thioether (sulfide) groups is 1. The van der Waals surface area contributed by atoms with Gasteiger partial charge in [0, 0.05) is 38.1 Å². The van der Waals surface area contributed by atoms with Gasteiger partial charge in [-0.3, -0.25) is 9.89 Å². The van der Waals surface area contributed by atoms with Crippen LogP contribution in [-0.2, 0) is 10.5 Å². The van der Waals surface area contributed by atoms with Crippen molar-refractivity contribution in [3.8, 4) is 0 Å². The Balaban J connectivity index is 0.00000288. The van der Waals surface area contributed by atoms with Gasteiger partial charge in [0.2, 0.25) is 0 Å². The van der Waals surface area contributed by atoms with E-state index in [4.69, 9.17) is 4.74 Å². The minimum Gasteiger partial charge on any atom is -0.383 e. The van der Waals surface area contributed by atoms with E-state index in [2.05, 4.69) is 25.8 Å². The number of ether oxygens (including phenoxy) is 1. The molecule has 0 aliphatic rings. The zero-order valence-electron chi connectivity index (χ0n) is 13.9. The Hall–Kier alpha value is -1.32. The first-order valence-corrected chi connectivity index (χ1v) is 8.33. The van der Waals surface area contributed by atoms with Crippen molar-refractivity contribution in [3.63, 3.8) is 0 Å². The summed E-state index contributed by atoms with van der Waals surface area (Å²) in [5.41, 5.74) is 1.79. The van der Waals surface area contributed by atoms with Crippen molar-refractivity contribution in [3.05, 3.63) is 41.7 Å². The maximum atomic E-state index is 12.0. The molecule has 1 aromatic carbocycles. The third kappa shape index (κ3) is 9.08. The molecule has 0 fully saturated rings. The molecule has 0 radical (unpaired) electrons. The van der Waals surface area contributed by atoms with Gasteiger partial charge in [-0.2, -0.15) is 5.10 Å². The molecular formula is C15H23Cl2N5O2S. The third-order valence-electron chi connectivity index (χ3n) is 3.05. The first-order valence-electron chi connectivity index (χ1n) is 7.34. The number of aromatic nitrogens is 3. The Kier molecular flexibility index (Phi) is 13.2. The lowest BCUT2D eigenvalue weighted by atomic mass is 10.1. The Morgan fingerprint density at radius 3 is 2.60 bits per heavy atom. The molecule has 10 heteroatoms. The molecule has 1 aromatic heterocycles. The topological polar surface area (TPSA) is 91.9 Å². The number of methoxy groups -OCH3 is 1. The summed E-state index contributed by atoms with van der Waals surface area (Å²) in [4.78, 5) is 16.1. The van der Waals surface area contributed by atoms with Crippen LogP contribution in [0.4, 0.5) is 0 Å². The number of hydrogen-bond acceptors (Lipinski definition) is 6. The summed E-state index contributed by atoms with van der Waals surface area (Å²) in [5, 5.41) is 13.4. The summed E-state index contributed by atoms with van der Waals surface area (Å²) >= 11 is 1.57. The van der Waals surface area contributed by atoms with Crippen LogP contribution in [0, 0.1) is 0 Å². The van der Waals surface area contributed by atoms with Crippen molar-refractivity contribution in [2.75, 3.05) is 33.4 Å². The van der Waals surface area contributed by atoms with Gasteiger partial charge in [-0.15, -0.1) is 24.8 Å². The third-order valence-corrected chi connectivity index (χ3v) is 4.00. The van der Waals surface area contributed by atoms with Crippen LogP contribution in [0.15, 0.2) is 35.7 Å². The van der Waals surface area contributed by atoms with Crippen LogP contribution in [0.1, 0.15) is 15.9 Å². The number of nitrogens with one attached hydrogen (secondary N) is 3. The largest absolute Gasteiger partial charge is 0.383 e. The van der Waals surface area contributed by atoms with Crippen LogP contribution >= 0.6 is 36.6 Å². The van der Waals surface area contributed by atoms with Crippen LogP contribution in [-0.4, -0.2) is 54.4 Å². The smallest absolute Gasteiger partial charge is 0.251 e. The number of rotatable bonds is 10. The highest BCUT2D eigenvalue weighted by molar-refractivity contribution is 7.98. The number of aromatic amines is 1. The van der Waals surface area contributed by atoms with Crippen molar-refractivity contribution < 1.29 is 9.53 Å².